The number of carbonyl (C=O) groups excluding carboxylic acids is 1. The minimum atomic E-state index is -0.00423. The molecule has 0 bridgehead atoms. The topological polar surface area (TPSA) is 38.8 Å². The first kappa shape index (κ1) is 15.6. The van der Waals surface area contributed by atoms with Gasteiger partial charge in [-0.2, -0.15) is 0 Å². The van der Waals surface area contributed by atoms with Crippen LogP contribution in [-0.4, -0.2) is 43.7 Å². The quantitative estimate of drug-likeness (QED) is 0.873. The number of morpholine rings is 1. The van der Waals surface area contributed by atoms with Crippen LogP contribution in [-0.2, 0) is 4.74 Å². The van der Waals surface area contributed by atoms with Crippen LogP contribution in [0, 0.1) is 0 Å². The van der Waals surface area contributed by atoms with Gasteiger partial charge in [0.25, 0.3) is 5.91 Å². The Balaban J connectivity index is 1.98. The van der Waals surface area contributed by atoms with E-state index in [4.69, 9.17) is 9.47 Å². The van der Waals surface area contributed by atoms with Crippen LogP contribution in [0.5, 0.6) is 5.75 Å². The fraction of sp³-hybridized carbons (Fsp3) is 0.316. The zero-order chi connectivity index (χ0) is 16.2. The van der Waals surface area contributed by atoms with Crippen LogP contribution < -0.4 is 4.74 Å². The molecule has 4 heteroatoms. The number of carbonyl (C=O) groups is 1. The highest BCUT2D eigenvalue weighted by Gasteiger charge is 2.27. The molecule has 0 aliphatic carbocycles. The lowest BCUT2D eigenvalue weighted by Gasteiger charge is -2.33. The van der Waals surface area contributed by atoms with Crippen LogP contribution in [0.1, 0.15) is 17.3 Å². The van der Waals surface area contributed by atoms with E-state index in [1.54, 1.807) is 7.11 Å². The van der Waals surface area contributed by atoms with E-state index in [9.17, 15) is 4.79 Å². The third-order valence-corrected chi connectivity index (χ3v) is 4.17. The summed E-state index contributed by atoms with van der Waals surface area (Å²) in [6.07, 6.45) is 0. The molecular weight excluding hydrogens is 290 g/mol. The Morgan fingerprint density at radius 2 is 1.96 bits per heavy atom. The molecule has 1 unspecified atom stereocenters. The van der Waals surface area contributed by atoms with Crippen molar-refractivity contribution in [3.05, 3.63) is 54.1 Å². The van der Waals surface area contributed by atoms with E-state index in [2.05, 4.69) is 0 Å². The summed E-state index contributed by atoms with van der Waals surface area (Å²) in [6, 6.07) is 15.9. The van der Waals surface area contributed by atoms with Crippen molar-refractivity contribution in [1.82, 2.24) is 4.90 Å². The molecule has 0 aromatic heterocycles. The van der Waals surface area contributed by atoms with Crippen molar-refractivity contribution in [3.63, 3.8) is 0 Å². The summed E-state index contributed by atoms with van der Waals surface area (Å²) in [5, 5.41) is 0. The number of nitrogens with zero attached hydrogens (tertiary/aromatic N) is 1. The summed E-state index contributed by atoms with van der Waals surface area (Å²) >= 11 is 0. The van der Waals surface area contributed by atoms with Crippen LogP contribution >= 0.6 is 0 Å². The van der Waals surface area contributed by atoms with E-state index in [1.807, 2.05) is 60.4 Å². The predicted molar refractivity (Wildman–Crippen MR) is 89.7 cm³/mol. The van der Waals surface area contributed by atoms with Gasteiger partial charge in [0.2, 0.25) is 0 Å². The van der Waals surface area contributed by atoms with Gasteiger partial charge in [0, 0.05) is 6.54 Å². The summed E-state index contributed by atoms with van der Waals surface area (Å²) in [5.74, 6) is 0.601. The zero-order valence-electron chi connectivity index (χ0n) is 13.5. The summed E-state index contributed by atoms with van der Waals surface area (Å²) in [7, 11) is 1.59. The third kappa shape index (κ3) is 3.22. The molecular formula is C19H21NO3. The fourth-order valence-electron chi connectivity index (χ4n) is 2.87. The number of benzene rings is 2. The normalized spacial score (nSPS) is 17.8. The molecule has 0 N–H and O–H groups in total. The average molecular weight is 311 g/mol. The Kier molecular flexibility index (Phi) is 4.63. The molecule has 0 spiro atoms. The minimum Gasteiger partial charge on any atom is -0.496 e. The number of ether oxygens (including phenoxy) is 2. The molecule has 4 nitrogen and oxygen atoms in total. The first-order valence-corrected chi connectivity index (χ1v) is 7.83. The van der Waals surface area contributed by atoms with Crippen LogP contribution in [0.2, 0.25) is 0 Å². The van der Waals surface area contributed by atoms with E-state index in [0.717, 1.165) is 11.1 Å². The van der Waals surface area contributed by atoms with Crippen LogP contribution in [0.3, 0.4) is 0 Å². The van der Waals surface area contributed by atoms with Crippen LogP contribution in [0.15, 0.2) is 48.5 Å². The van der Waals surface area contributed by atoms with Crippen molar-refractivity contribution in [1.29, 1.82) is 0 Å². The largest absolute Gasteiger partial charge is 0.496 e. The monoisotopic (exact) mass is 311 g/mol. The molecule has 1 saturated heterocycles. The first-order chi connectivity index (χ1) is 11.2. The Hall–Kier alpha value is -2.33. The van der Waals surface area contributed by atoms with Gasteiger partial charge in [-0.25, -0.2) is 0 Å². The SMILES string of the molecule is COc1ccc(-c2ccccc2)cc1C(=O)N1CCOCC1C. The number of hydrogen-bond donors (Lipinski definition) is 0. The number of methoxy groups -OCH3 is 1. The molecule has 1 fully saturated rings. The fourth-order valence-corrected chi connectivity index (χ4v) is 2.87. The van der Waals surface area contributed by atoms with E-state index < -0.39 is 0 Å². The van der Waals surface area contributed by atoms with Crippen molar-refractivity contribution in [3.8, 4) is 16.9 Å². The van der Waals surface area contributed by atoms with Crippen molar-refractivity contribution in [2.45, 2.75) is 13.0 Å². The Morgan fingerprint density at radius 3 is 2.65 bits per heavy atom. The van der Waals surface area contributed by atoms with E-state index in [0.29, 0.717) is 31.1 Å². The predicted octanol–water partition coefficient (Wildman–Crippen LogP) is 3.22. The van der Waals surface area contributed by atoms with Crippen LogP contribution in [0.25, 0.3) is 11.1 Å². The van der Waals surface area contributed by atoms with Gasteiger partial charge in [0.1, 0.15) is 5.75 Å². The standard InChI is InChI=1S/C19H21NO3/c1-14-13-23-11-10-20(14)19(21)17-12-16(8-9-18(17)22-2)15-6-4-3-5-7-15/h3-9,12,14H,10-11,13H2,1-2H3. The smallest absolute Gasteiger partial charge is 0.258 e. The summed E-state index contributed by atoms with van der Waals surface area (Å²) in [5.41, 5.74) is 2.69. The van der Waals surface area contributed by atoms with Crippen molar-refractivity contribution >= 4 is 5.91 Å². The molecule has 3 rings (SSSR count). The lowest BCUT2D eigenvalue weighted by Crippen LogP contribution is -2.47. The maximum atomic E-state index is 13.0. The Labute approximate surface area is 136 Å². The molecule has 120 valence electrons. The molecule has 0 radical (unpaired) electrons. The molecule has 0 saturated carbocycles. The van der Waals surface area contributed by atoms with Gasteiger partial charge in [0.05, 0.1) is 31.9 Å². The molecule has 1 amide bonds. The lowest BCUT2D eigenvalue weighted by molar-refractivity contribution is 0.00344. The van der Waals surface area contributed by atoms with Gasteiger partial charge in [-0.05, 0) is 30.2 Å². The highest BCUT2D eigenvalue weighted by molar-refractivity contribution is 5.98. The van der Waals surface area contributed by atoms with Crippen molar-refractivity contribution < 1.29 is 14.3 Å². The van der Waals surface area contributed by atoms with E-state index in [-0.39, 0.29) is 11.9 Å². The molecule has 1 heterocycles. The first-order valence-electron chi connectivity index (χ1n) is 7.83. The van der Waals surface area contributed by atoms with Gasteiger partial charge in [-0.3, -0.25) is 4.79 Å². The molecule has 2 aromatic rings. The second-order valence-electron chi connectivity index (χ2n) is 5.70. The zero-order valence-corrected chi connectivity index (χ0v) is 13.5. The van der Waals surface area contributed by atoms with Gasteiger partial charge in [0.15, 0.2) is 0 Å². The lowest BCUT2D eigenvalue weighted by atomic mass is 10.0. The van der Waals surface area contributed by atoms with Crippen LogP contribution in [0.4, 0.5) is 0 Å². The van der Waals surface area contributed by atoms with Gasteiger partial charge < -0.3 is 14.4 Å². The van der Waals surface area contributed by atoms with Crippen molar-refractivity contribution in [2.75, 3.05) is 26.9 Å². The maximum absolute atomic E-state index is 13.0. The third-order valence-electron chi connectivity index (χ3n) is 4.17. The Bertz CT molecular complexity index is 684. The summed E-state index contributed by atoms with van der Waals surface area (Å²) in [4.78, 5) is 14.8. The highest BCUT2D eigenvalue weighted by atomic mass is 16.5. The number of amides is 1. The average Bonchev–Trinajstić information content (AvgIpc) is 2.62. The molecule has 2 aromatic carbocycles. The second-order valence-corrected chi connectivity index (χ2v) is 5.70. The van der Waals surface area contributed by atoms with E-state index >= 15 is 0 Å². The van der Waals surface area contributed by atoms with E-state index in [1.165, 1.54) is 0 Å². The number of rotatable bonds is 3. The second kappa shape index (κ2) is 6.84. The molecule has 1 aliphatic heterocycles. The van der Waals surface area contributed by atoms with Gasteiger partial charge in [-0.1, -0.05) is 36.4 Å². The molecule has 1 atom stereocenters. The van der Waals surface area contributed by atoms with Crippen molar-refractivity contribution in [2.24, 2.45) is 0 Å². The summed E-state index contributed by atoms with van der Waals surface area (Å²) < 4.78 is 10.8. The maximum Gasteiger partial charge on any atom is 0.258 e. The Morgan fingerprint density at radius 1 is 1.17 bits per heavy atom. The number of hydrogen-bond acceptors (Lipinski definition) is 3. The highest BCUT2D eigenvalue weighted by Crippen LogP contribution is 2.28. The summed E-state index contributed by atoms with van der Waals surface area (Å²) in [6.45, 7) is 3.77. The molecule has 23 heavy (non-hydrogen) atoms. The van der Waals surface area contributed by atoms with Gasteiger partial charge >= 0.3 is 0 Å². The van der Waals surface area contributed by atoms with Gasteiger partial charge in [-0.15, -0.1) is 0 Å². The minimum absolute atomic E-state index is 0.00423. The molecule has 1 aliphatic rings.